The first-order valence-electron chi connectivity index (χ1n) is 7.75. The number of hydrogen-bond acceptors (Lipinski definition) is 3. The first kappa shape index (κ1) is 18.2. The molecule has 0 atom stereocenters. The van der Waals surface area contributed by atoms with Gasteiger partial charge in [-0.3, -0.25) is 9.59 Å². The van der Waals surface area contributed by atoms with Gasteiger partial charge in [-0.05, 0) is 25.1 Å². The summed E-state index contributed by atoms with van der Waals surface area (Å²) in [4.78, 5) is 24.3. The first-order valence-corrected chi connectivity index (χ1v) is 7.75. The summed E-state index contributed by atoms with van der Waals surface area (Å²) < 4.78 is 0. The molecule has 0 aliphatic carbocycles. The average Bonchev–Trinajstić information content (AvgIpc) is 2.46. The Hall–Kier alpha value is -1.88. The summed E-state index contributed by atoms with van der Waals surface area (Å²) in [6.45, 7) is 9.84. The second-order valence-electron chi connectivity index (χ2n) is 6.26. The fourth-order valence-electron chi connectivity index (χ4n) is 1.76. The maximum absolute atomic E-state index is 12.2. The molecule has 5 heteroatoms. The van der Waals surface area contributed by atoms with Crippen LogP contribution in [0.25, 0.3) is 0 Å². The van der Waals surface area contributed by atoms with Crippen LogP contribution < -0.4 is 16.0 Å². The van der Waals surface area contributed by atoms with Crippen LogP contribution in [0.4, 0.5) is 5.69 Å². The number of rotatable bonds is 7. The Bertz CT molecular complexity index is 507. The lowest BCUT2D eigenvalue weighted by Gasteiger charge is -2.19. The molecule has 22 heavy (non-hydrogen) atoms. The molecular weight excluding hydrogens is 278 g/mol. The van der Waals surface area contributed by atoms with E-state index in [4.69, 9.17) is 0 Å². The van der Waals surface area contributed by atoms with Crippen LogP contribution in [0.3, 0.4) is 0 Å². The van der Waals surface area contributed by atoms with Crippen molar-refractivity contribution in [2.45, 2.75) is 34.1 Å². The van der Waals surface area contributed by atoms with E-state index in [0.29, 0.717) is 17.8 Å². The fraction of sp³-hybridized carbons (Fsp3) is 0.529. The summed E-state index contributed by atoms with van der Waals surface area (Å²) in [5, 5.41) is 8.91. The monoisotopic (exact) mass is 305 g/mol. The number of anilines is 1. The Labute approximate surface area is 132 Å². The van der Waals surface area contributed by atoms with Gasteiger partial charge in [0.05, 0.1) is 11.3 Å². The van der Waals surface area contributed by atoms with E-state index in [1.165, 1.54) is 0 Å². The molecule has 1 rings (SSSR count). The number of para-hydroxylation sites is 1. The van der Waals surface area contributed by atoms with E-state index in [2.05, 4.69) is 22.9 Å². The molecule has 0 aliphatic rings. The third-order valence-corrected chi connectivity index (χ3v) is 3.12. The predicted octanol–water partition coefficient (Wildman–Crippen LogP) is 2.40. The summed E-state index contributed by atoms with van der Waals surface area (Å²) >= 11 is 0. The maximum Gasteiger partial charge on any atom is 0.253 e. The van der Waals surface area contributed by atoms with Crippen molar-refractivity contribution in [1.82, 2.24) is 10.6 Å². The van der Waals surface area contributed by atoms with Crippen LogP contribution in [0, 0.1) is 5.41 Å². The molecule has 0 aliphatic heterocycles. The lowest BCUT2D eigenvalue weighted by Crippen LogP contribution is -2.33. The molecule has 0 saturated carbocycles. The number of nitrogens with one attached hydrogen (secondary N) is 3. The van der Waals surface area contributed by atoms with Crippen LogP contribution in [-0.2, 0) is 4.79 Å². The van der Waals surface area contributed by atoms with Gasteiger partial charge in [0.15, 0.2) is 0 Å². The van der Waals surface area contributed by atoms with E-state index >= 15 is 0 Å². The molecule has 0 unspecified atom stereocenters. The van der Waals surface area contributed by atoms with Gasteiger partial charge < -0.3 is 16.0 Å². The van der Waals surface area contributed by atoms with E-state index in [0.717, 1.165) is 19.5 Å². The minimum Gasteiger partial charge on any atom is -0.351 e. The van der Waals surface area contributed by atoms with Crippen LogP contribution in [0.5, 0.6) is 0 Å². The molecule has 0 bridgehead atoms. The summed E-state index contributed by atoms with van der Waals surface area (Å²) in [7, 11) is 0. The Balaban J connectivity index is 2.67. The van der Waals surface area contributed by atoms with Crippen LogP contribution in [0.1, 0.15) is 44.5 Å². The zero-order chi connectivity index (χ0) is 16.6. The predicted molar refractivity (Wildman–Crippen MR) is 90.0 cm³/mol. The third kappa shape index (κ3) is 5.85. The molecule has 0 saturated heterocycles. The van der Waals surface area contributed by atoms with Gasteiger partial charge in [-0.25, -0.2) is 0 Å². The molecular formula is C17H27N3O2. The highest BCUT2D eigenvalue weighted by molar-refractivity contribution is 6.04. The van der Waals surface area contributed by atoms with Crippen LogP contribution in [0.15, 0.2) is 24.3 Å². The molecule has 0 spiro atoms. The first-order chi connectivity index (χ1) is 10.4. The standard InChI is InChI=1S/C17H27N3O2/c1-5-10-18-11-12-19-15(21)13-8-6-7-9-14(13)20-16(22)17(2,3)4/h6-9,18H,5,10-12H2,1-4H3,(H,19,21)(H,20,22). The number of carbonyl (C=O) groups is 2. The van der Waals surface area contributed by atoms with Crippen molar-refractivity contribution in [2.24, 2.45) is 5.41 Å². The van der Waals surface area contributed by atoms with Gasteiger partial charge in [0.2, 0.25) is 5.91 Å². The summed E-state index contributed by atoms with van der Waals surface area (Å²) in [5.41, 5.74) is 0.519. The van der Waals surface area contributed by atoms with Gasteiger partial charge in [-0.15, -0.1) is 0 Å². The van der Waals surface area contributed by atoms with E-state index < -0.39 is 5.41 Å². The Morgan fingerprint density at radius 1 is 1.05 bits per heavy atom. The molecule has 0 heterocycles. The summed E-state index contributed by atoms with van der Waals surface area (Å²) in [6, 6.07) is 7.05. The molecule has 5 nitrogen and oxygen atoms in total. The van der Waals surface area contributed by atoms with Gasteiger partial charge in [-0.2, -0.15) is 0 Å². The van der Waals surface area contributed by atoms with Gasteiger partial charge in [0.1, 0.15) is 0 Å². The highest BCUT2D eigenvalue weighted by Gasteiger charge is 2.22. The summed E-state index contributed by atoms with van der Waals surface area (Å²) in [5.74, 6) is -0.291. The number of carbonyl (C=O) groups excluding carboxylic acids is 2. The molecule has 2 amide bonds. The maximum atomic E-state index is 12.2. The zero-order valence-electron chi connectivity index (χ0n) is 14.0. The highest BCUT2D eigenvalue weighted by Crippen LogP contribution is 2.20. The van der Waals surface area contributed by atoms with Gasteiger partial charge >= 0.3 is 0 Å². The van der Waals surface area contributed by atoms with Crippen LogP contribution >= 0.6 is 0 Å². The van der Waals surface area contributed by atoms with Crippen LogP contribution in [-0.4, -0.2) is 31.4 Å². The van der Waals surface area contributed by atoms with Crippen molar-refractivity contribution in [3.8, 4) is 0 Å². The molecule has 0 fully saturated rings. The van der Waals surface area contributed by atoms with Crippen molar-refractivity contribution < 1.29 is 9.59 Å². The highest BCUT2D eigenvalue weighted by atomic mass is 16.2. The summed E-state index contributed by atoms with van der Waals surface area (Å²) in [6.07, 6.45) is 1.07. The lowest BCUT2D eigenvalue weighted by atomic mass is 9.95. The van der Waals surface area contributed by atoms with Gasteiger partial charge in [0, 0.05) is 18.5 Å². The minimum absolute atomic E-state index is 0.114. The molecule has 1 aromatic carbocycles. The average molecular weight is 305 g/mol. The van der Waals surface area contributed by atoms with E-state index in [1.807, 2.05) is 20.8 Å². The largest absolute Gasteiger partial charge is 0.351 e. The van der Waals surface area contributed by atoms with Crippen molar-refractivity contribution in [1.29, 1.82) is 0 Å². The number of amides is 2. The van der Waals surface area contributed by atoms with Gasteiger partial charge in [0.25, 0.3) is 5.91 Å². The molecule has 3 N–H and O–H groups in total. The lowest BCUT2D eigenvalue weighted by molar-refractivity contribution is -0.123. The van der Waals surface area contributed by atoms with Crippen molar-refractivity contribution in [3.05, 3.63) is 29.8 Å². The molecule has 0 aromatic heterocycles. The van der Waals surface area contributed by atoms with Crippen molar-refractivity contribution in [3.63, 3.8) is 0 Å². The second-order valence-corrected chi connectivity index (χ2v) is 6.26. The number of benzene rings is 1. The SMILES string of the molecule is CCCNCCNC(=O)c1ccccc1NC(=O)C(C)(C)C. The molecule has 122 valence electrons. The van der Waals surface area contributed by atoms with E-state index in [-0.39, 0.29) is 11.8 Å². The zero-order valence-corrected chi connectivity index (χ0v) is 14.0. The minimum atomic E-state index is -0.506. The Morgan fingerprint density at radius 2 is 1.73 bits per heavy atom. The fourth-order valence-corrected chi connectivity index (χ4v) is 1.76. The van der Waals surface area contributed by atoms with Crippen molar-refractivity contribution in [2.75, 3.05) is 25.0 Å². The van der Waals surface area contributed by atoms with Crippen molar-refractivity contribution >= 4 is 17.5 Å². The van der Waals surface area contributed by atoms with E-state index in [9.17, 15) is 9.59 Å². The smallest absolute Gasteiger partial charge is 0.253 e. The van der Waals surface area contributed by atoms with Gasteiger partial charge in [-0.1, -0.05) is 39.8 Å². The van der Waals surface area contributed by atoms with Crippen LogP contribution in [0.2, 0.25) is 0 Å². The Morgan fingerprint density at radius 3 is 2.36 bits per heavy atom. The number of hydrogen-bond donors (Lipinski definition) is 3. The third-order valence-electron chi connectivity index (χ3n) is 3.12. The normalized spacial score (nSPS) is 11.1. The van der Waals surface area contributed by atoms with E-state index in [1.54, 1.807) is 24.3 Å². The Kier molecular flexibility index (Phi) is 7.05. The second kappa shape index (κ2) is 8.54. The molecule has 0 radical (unpaired) electrons. The molecule has 1 aromatic rings. The topological polar surface area (TPSA) is 70.2 Å². The quantitative estimate of drug-likeness (QED) is 0.678.